The minimum absolute atomic E-state index is 0.00543. The quantitative estimate of drug-likeness (QED) is 0.0940. The molecule has 0 saturated heterocycles. The first-order valence-corrected chi connectivity index (χ1v) is 15.0. The zero-order valence-corrected chi connectivity index (χ0v) is 24.8. The van der Waals surface area contributed by atoms with Crippen LogP contribution in [-0.4, -0.2) is 53.2 Å². The second kappa shape index (κ2) is 13.4. The molecular weight excluding hydrogens is 619 g/mol. The van der Waals surface area contributed by atoms with E-state index in [2.05, 4.69) is 31.0 Å². The Morgan fingerprint density at radius 1 is 1.10 bits per heavy atom. The molecule has 0 bridgehead atoms. The van der Waals surface area contributed by atoms with Crippen molar-refractivity contribution < 1.29 is 14.5 Å². The van der Waals surface area contributed by atoms with Crippen LogP contribution in [0.25, 0.3) is 5.69 Å². The maximum absolute atomic E-state index is 12.9. The Hall–Kier alpha value is -3.24. The van der Waals surface area contributed by atoms with Gasteiger partial charge in [-0.05, 0) is 36.9 Å². The Labute approximate surface area is 250 Å². The van der Waals surface area contributed by atoms with Gasteiger partial charge in [0.25, 0.3) is 11.6 Å². The third-order valence-corrected chi connectivity index (χ3v) is 8.79. The molecule has 0 fully saturated rings. The van der Waals surface area contributed by atoms with Gasteiger partial charge in [-0.25, -0.2) is 0 Å². The molecule has 12 nitrogen and oxygen atoms in total. The van der Waals surface area contributed by atoms with Crippen molar-refractivity contribution >= 4 is 80.7 Å². The van der Waals surface area contributed by atoms with E-state index < -0.39 is 10.8 Å². The van der Waals surface area contributed by atoms with Crippen LogP contribution in [0.4, 0.5) is 10.8 Å². The van der Waals surface area contributed by atoms with Crippen LogP contribution in [0.1, 0.15) is 28.7 Å². The molecule has 4 aromatic rings. The number of carbonyl (C=O) groups is 2. The molecule has 2 aromatic carbocycles. The molecule has 2 aromatic heterocycles. The number of halogens is 2. The van der Waals surface area contributed by atoms with Gasteiger partial charge in [0.2, 0.25) is 11.0 Å². The fourth-order valence-electron chi connectivity index (χ4n) is 3.44. The summed E-state index contributed by atoms with van der Waals surface area (Å²) in [5.74, 6) is 0.346. The predicted molar refractivity (Wildman–Crippen MR) is 156 cm³/mol. The number of anilines is 1. The van der Waals surface area contributed by atoms with E-state index >= 15 is 0 Å². The first kappa shape index (κ1) is 29.7. The first-order chi connectivity index (χ1) is 19.2. The molecule has 4 rings (SSSR count). The number of thioether (sulfide) groups is 2. The Morgan fingerprint density at radius 3 is 2.62 bits per heavy atom. The summed E-state index contributed by atoms with van der Waals surface area (Å²) < 4.78 is 2.40. The van der Waals surface area contributed by atoms with Crippen LogP contribution < -0.4 is 10.6 Å². The van der Waals surface area contributed by atoms with Crippen LogP contribution in [0, 0.1) is 17.0 Å². The number of amides is 2. The summed E-state index contributed by atoms with van der Waals surface area (Å²) in [7, 11) is 0. The molecule has 0 aliphatic rings. The number of hydrogen-bond acceptors (Lipinski definition) is 11. The molecule has 2 heterocycles. The third-order valence-electron chi connectivity index (χ3n) is 5.27. The number of nitrogens with one attached hydrogen (secondary N) is 2. The highest BCUT2D eigenvalue weighted by Crippen LogP contribution is 2.29. The molecule has 0 radical (unpaired) electrons. The average Bonchev–Trinajstić information content (AvgIpc) is 3.54. The second-order valence-corrected chi connectivity index (χ2v) is 12.1. The van der Waals surface area contributed by atoms with Gasteiger partial charge in [0, 0.05) is 17.2 Å². The van der Waals surface area contributed by atoms with Crippen molar-refractivity contribution in [2.24, 2.45) is 0 Å². The van der Waals surface area contributed by atoms with Gasteiger partial charge in [-0.3, -0.25) is 29.6 Å². The highest BCUT2D eigenvalue weighted by Gasteiger charge is 2.21. The predicted octanol–water partition coefficient (Wildman–Crippen LogP) is 5.42. The smallest absolute Gasteiger partial charge is 0.273 e. The Bertz CT molecular complexity index is 1580. The molecule has 17 heteroatoms. The minimum Gasteiger partial charge on any atom is -0.345 e. The lowest BCUT2D eigenvalue weighted by molar-refractivity contribution is -0.385. The standard InChI is InChI=1S/C23H20Cl2N8O4S3/c1-3-38-23-31-29-21(40-23)27-19(34)11-39-22-30-28-18(32(22)13-7-8-15(24)16(25)9-13)10-26-20(35)14-5-4-6-17(12(14)2)33(36)37/h4-9H,3,10-11H2,1-2H3,(H,26,35)(H,27,29,34). The zero-order chi connectivity index (χ0) is 28.8. The van der Waals surface area contributed by atoms with Crippen molar-refractivity contribution in [1.29, 1.82) is 0 Å². The van der Waals surface area contributed by atoms with Crippen LogP contribution in [-0.2, 0) is 11.3 Å². The fourth-order valence-corrected chi connectivity index (χ4v) is 6.17. The number of benzene rings is 2. The lowest BCUT2D eigenvalue weighted by Gasteiger charge is -2.12. The van der Waals surface area contributed by atoms with Crippen molar-refractivity contribution in [2.45, 2.75) is 29.9 Å². The Kier molecular flexibility index (Phi) is 9.97. The van der Waals surface area contributed by atoms with Crippen molar-refractivity contribution in [3.8, 4) is 5.69 Å². The Balaban J connectivity index is 1.53. The molecule has 40 heavy (non-hydrogen) atoms. The molecule has 0 aliphatic heterocycles. The van der Waals surface area contributed by atoms with Crippen molar-refractivity contribution in [1.82, 2.24) is 30.3 Å². The van der Waals surface area contributed by atoms with Crippen molar-refractivity contribution in [2.75, 3.05) is 16.8 Å². The zero-order valence-electron chi connectivity index (χ0n) is 20.9. The minimum atomic E-state index is -0.541. The summed E-state index contributed by atoms with van der Waals surface area (Å²) in [5, 5.41) is 34.5. The molecule has 0 saturated carbocycles. The second-order valence-electron chi connectivity index (χ2n) is 7.87. The third kappa shape index (κ3) is 7.09. The monoisotopic (exact) mass is 638 g/mol. The summed E-state index contributed by atoms with van der Waals surface area (Å²) >= 11 is 16.3. The molecule has 2 N–H and O–H groups in total. The number of nitro benzene ring substituents is 1. The highest BCUT2D eigenvalue weighted by atomic mass is 35.5. The largest absolute Gasteiger partial charge is 0.345 e. The van der Waals surface area contributed by atoms with Gasteiger partial charge >= 0.3 is 0 Å². The number of hydrogen-bond donors (Lipinski definition) is 2. The van der Waals surface area contributed by atoms with Crippen LogP contribution in [0.15, 0.2) is 45.9 Å². The van der Waals surface area contributed by atoms with E-state index in [1.54, 1.807) is 22.8 Å². The summed E-state index contributed by atoms with van der Waals surface area (Å²) in [6.07, 6.45) is 0. The topological polar surface area (TPSA) is 158 Å². The fraction of sp³-hybridized carbons (Fsp3) is 0.217. The molecule has 2 amide bonds. The van der Waals surface area contributed by atoms with Gasteiger partial charge in [-0.1, -0.05) is 71.1 Å². The average molecular weight is 640 g/mol. The van der Waals surface area contributed by atoms with Gasteiger partial charge in [0.05, 0.1) is 33.0 Å². The lowest BCUT2D eigenvalue weighted by atomic mass is 10.1. The lowest BCUT2D eigenvalue weighted by Crippen LogP contribution is -2.25. The number of nitrogens with zero attached hydrogens (tertiary/aromatic N) is 6. The molecule has 0 aliphatic carbocycles. The maximum atomic E-state index is 12.9. The summed E-state index contributed by atoms with van der Waals surface area (Å²) in [6.45, 7) is 3.44. The van der Waals surface area contributed by atoms with E-state index in [0.717, 1.165) is 21.9 Å². The van der Waals surface area contributed by atoms with Gasteiger partial charge in [-0.15, -0.1) is 20.4 Å². The molecule has 0 spiro atoms. The van der Waals surface area contributed by atoms with Crippen LogP contribution in [0.5, 0.6) is 0 Å². The van der Waals surface area contributed by atoms with Crippen LogP contribution in [0.3, 0.4) is 0 Å². The van der Waals surface area contributed by atoms with Gasteiger partial charge < -0.3 is 5.32 Å². The SMILES string of the molecule is CCSc1nnc(NC(=O)CSc2nnc(CNC(=O)c3cccc([N+](=O)[O-])c3C)n2-c2ccc(Cl)c(Cl)c2)s1. The van der Waals surface area contributed by atoms with E-state index in [1.807, 2.05) is 6.92 Å². The first-order valence-electron chi connectivity index (χ1n) is 11.5. The summed E-state index contributed by atoms with van der Waals surface area (Å²) in [5.41, 5.74) is 0.813. The van der Waals surface area contributed by atoms with Crippen molar-refractivity contribution in [3.63, 3.8) is 0 Å². The van der Waals surface area contributed by atoms with Crippen molar-refractivity contribution in [3.05, 3.63) is 73.5 Å². The van der Waals surface area contributed by atoms with E-state index in [0.29, 0.717) is 31.8 Å². The number of nitro groups is 1. The van der Waals surface area contributed by atoms with E-state index in [1.165, 1.54) is 48.2 Å². The maximum Gasteiger partial charge on any atom is 0.273 e. The Morgan fingerprint density at radius 2 is 1.90 bits per heavy atom. The van der Waals surface area contributed by atoms with Crippen LogP contribution >= 0.6 is 58.1 Å². The highest BCUT2D eigenvalue weighted by molar-refractivity contribution is 8.01. The number of rotatable bonds is 11. The normalized spacial score (nSPS) is 10.9. The van der Waals surface area contributed by atoms with Gasteiger partial charge in [-0.2, -0.15) is 0 Å². The summed E-state index contributed by atoms with van der Waals surface area (Å²) in [4.78, 5) is 36.2. The molecule has 0 atom stereocenters. The van der Waals surface area contributed by atoms with Gasteiger partial charge in [0.15, 0.2) is 15.3 Å². The van der Waals surface area contributed by atoms with Crippen LogP contribution in [0.2, 0.25) is 10.0 Å². The molecular formula is C23H20Cl2N8O4S3. The number of aromatic nitrogens is 5. The van der Waals surface area contributed by atoms with E-state index in [9.17, 15) is 19.7 Å². The molecule has 0 unspecified atom stereocenters. The summed E-state index contributed by atoms with van der Waals surface area (Å²) in [6, 6.07) is 9.21. The van der Waals surface area contributed by atoms with Gasteiger partial charge in [0.1, 0.15) is 0 Å². The van der Waals surface area contributed by atoms with E-state index in [-0.39, 0.29) is 35.0 Å². The van der Waals surface area contributed by atoms with E-state index in [4.69, 9.17) is 23.2 Å². The number of carbonyl (C=O) groups excluding carboxylic acids is 2. The molecule has 208 valence electrons.